The molecule has 9 heteroatoms. The van der Waals surface area contributed by atoms with Gasteiger partial charge in [-0.25, -0.2) is 4.98 Å². The van der Waals surface area contributed by atoms with Crippen LogP contribution in [0, 0.1) is 6.92 Å². The van der Waals surface area contributed by atoms with Crippen LogP contribution in [0.3, 0.4) is 0 Å². The van der Waals surface area contributed by atoms with Crippen LogP contribution in [-0.4, -0.2) is 55.7 Å². The summed E-state index contributed by atoms with van der Waals surface area (Å²) in [5.74, 6) is 0.825. The summed E-state index contributed by atoms with van der Waals surface area (Å²) in [5.41, 5.74) is 4.35. The van der Waals surface area contributed by atoms with Gasteiger partial charge >= 0.3 is 0 Å². The van der Waals surface area contributed by atoms with E-state index in [1.54, 1.807) is 6.20 Å². The van der Waals surface area contributed by atoms with Crippen LogP contribution in [0.1, 0.15) is 34.6 Å². The quantitative estimate of drug-likeness (QED) is 0.427. The SMILES string of the molecule is Cc1nc(-c2cc(C(=O)NCC3CCCO3)c3ccccn23)cn1Cc1cccnc1.O=CO. The van der Waals surface area contributed by atoms with E-state index in [0.717, 1.165) is 47.7 Å². The van der Waals surface area contributed by atoms with Crippen LogP contribution in [-0.2, 0) is 16.1 Å². The monoisotopic (exact) mass is 461 g/mol. The highest BCUT2D eigenvalue weighted by Gasteiger charge is 2.21. The van der Waals surface area contributed by atoms with Gasteiger partial charge in [0.15, 0.2) is 0 Å². The Kier molecular flexibility index (Phi) is 7.34. The molecule has 1 atom stereocenters. The van der Waals surface area contributed by atoms with Crippen molar-refractivity contribution in [2.24, 2.45) is 0 Å². The van der Waals surface area contributed by atoms with Crippen molar-refractivity contribution in [2.45, 2.75) is 32.4 Å². The molecule has 4 aromatic rings. The summed E-state index contributed by atoms with van der Waals surface area (Å²) in [4.78, 5) is 30.3. The summed E-state index contributed by atoms with van der Waals surface area (Å²) in [7, 11) is 0. The normalized spacial score (nSPS) is 15.0. The van der Waals surface area contributed by atoms with E-state index in [-0.39, 0.29) is 18.5 Å². The number of amides is 1. The largest absolute Gasteiger partial charge is 0.483 e. The third kappa shape index (κ3) is 5.15. The lowest BCUT2D eigenvalue weighted by atomic mass is 10.2. The minimum atomic E-state index is -0.250. The Hall–Kier alpha value is -3.98. The van der Waals surface area contributed by atoms with Crippen LogP contribution in [0.15, 0.2) is 61.2 Å². The number of imidazole rings is 1. The second kappa shape index (κ2) is 10.8. The van der Waals surface area contributed by atoms with Crippen LogP contribution in [0.4, 0.5) is 0 Å². The Balaban J connectivity index is 0.000000868. The van der Waals surface area contributed by atoms with Gasteiger partial charge in [-0.3, -0.25) is 14.6 Å². The van der Waals surface area contributed by atoms with Gasteiger partial charge in [-0.1, -0.05) is 12.1 Å². The van der Waals surface area contributed by atoms with E-state index < -0.39 is 0 Å². The summed E-state index contributed by atoms with van der Waals surface area (Å²) in [5, 5.41) is 9.93. The smallest absolute Gasteiger partial charge is 0.290 e. The molecule has 1 fully saturated rings. The third-order valence-electron chi connectivity index (χ3n) is 5.75. The Labute approximate surface area is 197 Å². The molecule has 2 N–H and O–H groups in total. The molecule has 1 aliphatic rings. The maximum absolute atomic E-state index is 13.0. The molecule has 5 heterocycles. The van der Waals surface area contributed by atoms with E-state index in [0.29, 0.717) is 18.7 Å². The van der Waals surface area contributed by atoms with E-state index in [4.69, 9.17) is 19.6 Å². The lowest BCUT2D eigenvalue weighted by molar-refractivity contribution is -0.122. The first-order valence-corrected chi connectivity index (χ1v) is 11.1. The summed E-state index contributed by atoms with van der Waals surface area (Å²) >= 11 is 0. The van der Waals surface area contributed by atoms with Gasteiger partial charge in [0.2, 0.25) is 0 Å². The van der Waals surface area contributed by atoms with Crippen molar-refractivity contribution >= 4 is 17.9 Å². The fourth-order valence-corrected chi connectivity index (χ4v) is 4.12. The van der Waals surface area contributed by atoms with E-state index >= 15 is 0 Å². The average Bonchev–Trinajstić information content (AvgIpc) is 3.58. The number of hydrogen-bond acceptors (Lipinski definition) is 5. The van der Waals surface area contributed by atoms with Crippen LogP contribution in [0.25, 0.3) is 16.9 Å². The number of aryl methyl sites for hydroxylation is 1. The van der Waals surface area contributed by atoms with Gasteiger partial charge in [0.05, 0.1) is 29.4 Å². The third-order valence-corrected chi connectivity index (χ3v) is 5.75. The number of pyridine rings is 2. The highest BCUT2D eigenvalue weighted by molar-refractivity contribution is 6.02. The molecule has 1 saturated heterocycles. The molecule has 1 unspecified atom stereocenters. The molecule has 1 amide bonds. The number of hydrogen-bond donors (Lipinski definition) is 2. The topological polar surface area (TPSA) is 111 Å². The van der Waals surface area contributed by atoms with Gasteiger partial charge in [-0.2, -0.15) is 0 Å². The number of fused-ring (bicyclic) bond motifs is 1. The molecule has 0 aliphatic carbocycles. The average molecular weight is 462 g/mol. The predicted molar refractivity (Wildman–Crippen MR) is 127 cm³/mol. The standard InChI is InChI=1S/C24H25N5O2.CH2O2/c1-17-27-21(16-28(17)15-18-6-4-9-25-13-18)23-12-20(22-8-2-3-10-29(22)23)24(30)26-14-19-7-5-11-31-19;2-1-3/h2-4,6,8-10,12-13,16,19H,5,7,11,14-15H2,1H3,(H,26,30);1H,(H,2,3). The zero-order valence-electron chi connectivity index (χ0n) is 18.9. The van der Waals surface area contributed by atoms with E-state index in [1.165, 1.54) is 0 Å². The molecule has 4 aromatic heterocycles. The molecule has 0 radical (unpaired) electrons. The summed E-state index contributed by atoms with van der Waals surface area (Å²) in [6.45, 7) is 3.76. The molecule has 0 saturated carbocycles. The molecule has 0 bridgehead atoms. The van der Waals surface area contributed by atoms with Crippen molar-refractivity contribution in [2.75, 3.05) is 13.2 Å². The van der Waals surface area contributed by atoms with Crippen molar-refractivity contribution in [1.82, 2.24) is 24.3 Å². The number of ether oxygens (including phenoxy) is 1. The number of carbonyl (C=O) groups excluding carboxylic acids is 1. The van der Waals surface area contributed by atoms with Crippen molar-refractivity contribution in [3.05, 3.63) is 78.1 Å². The molecular weight excluding hydrogens is 434 g/mol. The highest BCUT2D eigenvalue weighted by atomic mass is 16.5. The number of aromatic nitrogens is 4. The summed E-state index contributed by atoms with van der Waals surface area (Å²) in [6, 6.07) is 11.8. The van der Waals surface area contributed by atoms with Crippen molar-refractivity contribution < 1.29 is 19.4 Å². The van der Waals surface area contributed by atoms with Gasteiger partial charge in [0.25, 0.3) is 12.4 Å². The van der Waals surface area contributed by atoms with Gasteiger partial charge in [0.1, 0.15) is 11.5 Å². The number of carbonyl (C=O) groups is 2. The Bertz CT molecular complexity index is 1260. The number of carboxylic acid groups (broad SMARTS) is 1. The Morgan fingerprint density at radius 2 is 2.18 bits per heavy atom. The van der Waals surface area contributed by atoms with Gasteiger partial charge in [-0.15, -0.1) is 0 Å². The second-order valence-corrected chi connectivity index (χ2v) is 8.01. The lowest BCUT2D eigenvalue weighted by Gasteiger charge is -2.10. The minimum Gasteiger partial charge on any atom is -0.483 e. The van der Waals surface area contributed by atoms with Crippen molar-refractivity contribution in [3.63, 3.8) is 0 Å². The first-order valence-electron chi connectivity index (χ1n) is 11.1. The molecule has 1 aliphatic heterocycles. The fraction of sp³-hybridized carbons (Fsp3) is 0.280. The van der Waals surface area contributed by atoms with Gasteiger partial charge < -0.3 is 24.1 Å². The maximum atomic E-state index is 13.0. The van der Waals surface area contributed by atoms with Crippen molar-refractivity contribution in [3.8, 4) is 11.4 Å². The fourth-order valence-electron chi connectivity index (χ4n) is 4.12. The second-order valence-electron chi connectivity index (χ2n) is 8.01. The molecule has 0 aromatic carbocycles. The van der Waals surface area contributed by atoms with Crippen LogP contribution in [0.5, 0.6) is 0 Å². The first-order chi connectivity index (χ1) is 16.6. The van der Waals surface area contributed by atoms with E-state index in [1.807, 2.05) is 60.2 Å². The van der Waals surface area contributed by atoms with Crippen molar-refractivity contribution in [1.29, 1.82) is 0 Å². The summed E-state index contributed by atoms with van der Waals surface area (Å²) < 4.78 is 9.76. The maximum Gasteiger partial charge on any atom is 0.290 e. The minimum absolute atomic E-state index is 0.0861. The number of rotatable bonds is 6. The van der Waals surface area contributed by atoms with Crippen LogP contribution >= 0.6 is 0 Å². The first kappa shape index (κ1) is 23.2. The molecule has 176 valence electrons. The van der Waals surface area contributed by atoms with Crippen LogP contribution < -0.4 is 5.32 Å². The molecule has 0 spiro atoms. The van der Waals surface area contributed by atoms with Gasteiger partial charge in [-0.05, 0) is 49.6 Å². The summed E-state index contributed by atoms with van der Waals surface area (Å²) in [6.07, 6.45) is 9.80. The highest BCUT2D eigenvalue weighted by Crippen LogP contribution is 2.26. The molecule has 34 heavy (non-hydrogen) atoms. The Morgan fingerprint density at radius 1 is 1.32 bits per heavy atom. The zero-order valence-corrected chi connectivity index (χ0v) is 18.9. The number of nitrogens with one attached hydrogen (secondary N) is 1. The lowest BCUT2D eigenvalue weighted by Crippen LogP contribution is -2.31. The van der Waals surface area contributed by atoms with E-state index in [9.17, 15) is 4.79 Å². The molecular formula is C25H27N5O4. The predicted octanol–water partition coefficient (Wildman–Crippen LogP) is 3.16. The van der Waals surface area contributed by atoms with E-state index in [2.05, 4.69) is 20.9 Å². The zero-order chi connectivity index (χ0) is 23.9. The van der Waals surface area contributed by atoms with Crippen LogP contribution in [0.2, 0.25) is 0 Å². The molecule has 9 nitrogen and oxygen atoms in total. The molecule has 5 rings (SSSR count). The van der Waals surface area contributed by atoms with Gasteiger partial charge in [0, 0.05) is 37.9 Å². The Morgan fingerprint density at radius 3 is 2.91 bits per heavy atom. The number of nitrogens with zero attached hydrogens (tertiary/aromatic N) is 4.